The van der Waals surface area contributed by atoms with E-state index in [-0.39, 0.29) is 10.5 Å². The Hall–Kier alpha value is -0.350. The van der Waals surface area contributed by atoms with Gasteiger partial charge in [0.15, 0.2) is 5.78 Å². The molecule has 1 heterocycles. The fourth-order valence-electron chi connectivity index (χ4n) is 1.61. The molecule has 0 aromatic carbocycles. The Bertz CT molecular complexity index is 395. The van der Waals surface area contributed by atoms with E-state index in [1.54, 1.807) is 23.1 Å². The first-order valence-electron chi connectivity index (χ1n) is 5.13. The van der Waals surface area contributed by atoms with Crippen LogP contribution in [0.15, 0.2) is 0 Å². The van der Waals surface area contributed by atoms with Crippen molar-refractivity contribution < 1.29 is 4.79 Å². The number of aromatic nitrogens is 1. The van der Waals surface area contributed by atoms with E-state index < -0.39 is 0 Å². The molecule has 0 unspecified atom stereocenters. The van der Waals surface area contributed by atoms with Gasteiger partial charge in [0, 0.05) is 6.42 Å². The summed E-state index contributed by atoms with van der Waals surface area (Å²) in [6.45, 7) is 4.32. The Kier molecular flexibility index (Phi) is 2.90. The number of Topliss-reactive ketones (excluding diaryl/α,β-unsaturated/α-hetero) is 1. The zero-order valence-corrected chi connectivity index (χ0v) is 10.9. The van der Waals surface area contributed by atoms with Crippen molar-refractivity contribution >= 4 is 28.9 Å². The molecule has 15 heavy (non-hydrogen) atoms. The minimum absolute atomic E-state index is 0.0300. The van der Waals surface area contributed by atoms with E-state index in [9.17, 15) is 4.79 Å². The Morgan fingerprint density at radius 1 is 1.40 bits per heavy atom. The number of thiazole rings is 1. The van der Waals surface area contributed by atoms with Crippen molar-refractivity contribution in [1.82, 2.24) is 4.98 Å². The topological polar surface area (TPSA) is 30.0 Å². The number of nitrogens with zero attached hydrogens (tertiary/aromatic N) is 1. The summed E-state index contributed by atoms with van der Waals surface area (Å²) in [6.07, 6.45) is 4.73. The summed E-state index contributed by atoms with van der Waals surface area (Å²) >= 11 is 3.37. The second-order valence-corrected chi connectivity index (χ2v) is 6.71. The van der Waals surface area contributed by atoms with Crippen molar-refractivity contribution in [3.63, 3.8) is 0 Å². The van der Waals surface area contributed by atoms with Gasteiger partial charge >= 0.3 is 0 Å². The molecule has 0 radical (unpaired) electrons. The fourth-order valence-corrected chi connectivity index (χ4v) is 3.29. The molecule has 0 spiro atoms. The lowest BCUT2D eigenvalue weighted by Crippen LogP contribution is -2.11. The smallest absolute Gasteiger partial charge is 0.174 e. The summed E-state index contributed by atoms with van der Waals surface area (Å²) in [5.74, 6) is 0.289. The Morgan fingerprint density at radius 2 is 2.13 bits per heavy atom. The van der Waals surface area contributed by atoms with Gasteiger partial charge in [0.05, 0.1) is 15.3 Å². The molecule has 0 N–H and O–H groups in total. The van der Waals surface area contributed by atoms with Gasteiger partial charge in [-0.3, -0.25) is 4.79 Å². The van der Waals surface area contributed by atoms with Crippen LogP contribution < -0.4 is 0 Å². The number of ketones is 1. The van der Waals surface area contributed by atoms with E-state index >= 15 is 0 Å². The molecule has 1 aromatic rings. The number of thioether (sulfide) groups is 1. The zero-order chi connectivity index (χ0) is 11.1. The molecule has 4 heteroatoms. The maximum atomic E-state index is 11.7. The van der Waals surface area contributed by atoms with Gasteiger partial charge in [0.25, 0.3) is 0 Å². The molecule has 0 bridgehead atoms. The highest BCUT2D eigenvalue weighted by Crippen LogP contribution is 2.39. The van der Waals surface area contributed by atoms with Gasteiger partial charge in [0.1, 0.15) is 5.01 Å². The van der Waals surface area contributed by atoms with Crippen molar-refractivity contribution in [3.8, 4) is 0 Å². The predicted octanol–water partition coefficient (Wildman–Crippen LogP) is 3.26. The third-order valence-corrected chi connectivity index (χ3v) is 5.60. The minimum atomic E-state index is 0.0300. The van der Waals surface area contributed by atoms with E-state index in [4.69, 9.17) is 0 Å². The normalized spacial score (nSPS) is 16.6. The number of hydrogen-bond acceptors (Lipinski definition) is 4. The molecule has 0 amide bonds. The highest BCUT2D eigenvalue weighted by molar-refractivity contribution is 7.99. The summed E-state index contributed by atoms with van der Waals surface area (Å²) in [7, 11) is 0. The molecular formula is C11H15NOS2. The molecule has 82 valence electrons. The number of carbonyl (C=O) groups excluding carboxylic acids is 1. The monoisotopic (exact) mass is 241 g/mol. The maximum Gasteiger partial charge on any atom is 0.174 e. The summed E-state index contributed by atoms with van der Waals surface area (Å²) in [6, 6.07) is 0. The van der Waals surface area contributed by atoms with E-state index in [0.29, 0.717) is 6.42 Å². The van der Waals surface area contributed by atoms with Crippen LogP contribution in [0.3, 0.4) is 0 Å². The molecule has 0 atom stereocenters. The molecule has 0 aliphatic heterocycles. The number of hydrogen-bond donors (Lipinski definition) is 0. The first kappa shape index (κ1) is 11.1. The van der Waals surface area contributed by atoms with E-state index in [2.05, 4.69) is 25.1 Å². The van der Waals surface area contributed by atoms with Gasteiger partial charge < -0.3 is 0 Å². The van der Waals surface area contributed by atoms with Gasteiger partial charge in [0.2, 0.25) is 0 Å². The molecule has 0 saturated carbocycles. The van der Waals surface area contributed by atoms with Gasteiger partial charge in [-0.15, -0.1) is 11.3 Å². The third kappa shape index (κ3) is 1.97. The van der Waals surface area contributed by atoms with Gasteiger partial charge in [-0.1, -0.05) is 0 Å². The lowest BCUT2D eigenvalue weighted by molar-refractivity contribution is 0.0976. The van der Waals surface area contributed by atoms with E-state index in [1.807, 2.05) is 0 Å². The summed E-state index contributed by atoms with van der Waals surface area (Å²) in [4.78, 5) is 17.2. The lowest BCUT2D eigenvalue weighted by atomic mass is 10.0. The summed E-state index contributed by atoms with van der Waals surface area (Å²) in [5, 5.41) is 1.09. The molecular weight excluding hydrogens is 226 g/mol. The number of aryl methyl sites for hydroxylation is 1. The van der Waals surface area contributed by atoms with Crippen LogP contribution in [0, 0.1) is 0 Å². The Balaban J connectivity index is 2.41. The standard InChI is InChI=1S/C11H15NOS2/c1-11(2,14-3)10-12-7-5-4-6-8(13)9(7)15-10/h4-6H2,1-3H3. The van der Waals surface area contributed by atoms with Crippen LogP contribution in [0.4, 0.5) is 0 Å². The number of carbonyl (C=O) groups is 1. The molecule has 1 aliphatic carbocycles. The molecule has 2 rings (SSSR count). The van der Waals surface area contributed by atoms with Crippen molar-refractivity contribution in [2.75, 3.05) is 6.26 Å². The molecule has 1 aliphatic rings. The van der Waals surface area contributed by atoms with Gasteiger partial charge in [-0.2, -0.15) is 11.8 Å². The first-order chi connectivity index (χ1) is 7.04. The first-order valence-corrected chi connectivity index (χ1v) is 7.17. The number of fused-ring (bicyclic) bond motifs is 1. The van der Waals surface area contributed by atoms with E-state index in [0.717, 1.165) is 28.4 Å². The largest absolute Gasteiger partial charge is 0.293 e. The summed E-state index contributed by atoms with van der Waals surface area (Å²) in [5.41, 5.74) is 1.04. The van der Waals surface area contributed by atoms with Crippen molar-refractivity contribution in [3.05, 3.63) is 15.6 Å². The average Bonchev–Trinajstić information content (AvgIpc) is 2.64. The maximum absolute atomic E-state index is 11.7. The van der Waals surface area contributed by atoms with Gasteiger partial charge in [-0.05, 0) is 32.9 Å². The van der Waals surface area contributed by atoms with Crippen LogP contribution >= 0.6 is 23.1 Å². The summed E-state index contributed by atoms with van der Waals surface area (Å²) < 4.78 is 0.0300. The zero-order valence-electron chi connectivity index (χ0n) is 9.29. The van der Waals surface area contributed by atoms with Crippen molar-refractivity contribution in [1.29, 1.82) is 0 Å². The highest BCUT2D eigenvalue weighted by atomic mass is 32.2. The van der Waals surface area contributed by atoms with Gasteiger partial charge in [-0.25, -0.2) is 4.98 Å². The predicted molar refractivity (Wildman–Crippen MR) is 65.9 cm³/mol. The SMILES string of the molecule is CSC(C)(C)c1nc2c(s1)C(=O)CCC2. The quantitative estimate of drug-likeness (QED) is 0.796. The molecule has 0 fully saturated rings. The van der Waals surface area contributed by atoms with Crippen LogP contribution in [-0.2, 0) is 11.2 Å². The Morgan fingerprint density at radius 3 is 2.73 bits per heavy atom. The fraction of sp³-hybridized carbons (Fsp3) is 0.636. The second-order valence-electron chi connectivity index (χ2n) is 4.29. The molecule has 0 saturated heterocycles. The number of rotatable bonds is 2. The molecule has 2 nitrogen and oxygen atoms in total. The van der Waals surface area contributed by atoms with Crippen LogP contribution in [0.5, 0.6) is 0 Å². The highest BCUT2D eigenvalue weighted by Gasteiger charge is 2.28. The van der Waals surface area contributed by atoms with Crippen LogP contribution in [0.25, 0.3) is 0 Å². The van der Waals surface area contributed by atoms with Crippen LogP contribution in [0.2, 0.25) is 0 Å². The Labute approximate surface area is 98.5 Å². The average molecular weight is 241 g/mol. The minimum Gasteiger partial charge on any atom is -0.293 e. The third-order valence-electron chi connectivity index (χ3n) is 2.79. The van der Waals surface area contributed by atoms with Crippen molar-refractivity contribution in [2.24, 2.45) is 0 Å². The molecule has 1 aromatic heterocycles. The van der Waals surface area contributed by atoms with Crippen LogP contribution in [-0.4, -0.2) is 17.0 Å². The lowest BCUT2D eigenvalue weighted by Gasteiger charge is -2.18. The van der Waals surface area contributed by atoms with Crippen LogP contribution in [0.1, 0.15) is 47.1 Å². The second kappa shape index (κ2) is 3.91. The van der Waals surface area contributed by atoms with Crippen molar-refractivity contribution in [2.45, 2.75) is 37.9 Å². The van der Waals surface area contributed by atoms with E-state index in [1.165, 1.54) is 0 Å².